The molecule has 0 saturated heterocycles. The third kappa shape index (κ3) is 2.70. The van der Waals surface area contributed by atoms with Gasteiger partial charge in [-0.15, -0.1) is 11.8 Å². The number of hydrogen-bond donors (Lipinski definition) is 0. The van der Waals surface area contributed by atoms with Crippen molar-refractivity contribution < 1.29 is 9.53 Å². The first kappa shape index (κ1) is 15.6. The number of fused-ring (bicyclic) bond motifs is 2. The van der Waals surface area contributed by atoms with Gasteiger partial charge in [0.25, 0.3) is 5.56 Å². The zero-order chi connectivity index (χ0) is 16.6. The van der Waals surface area contributed by atoms with Crippen LogP contribution in [0.5, 0.6) is 0 Å². The van der Waals surface area contributed by atoms with Gasteiger partial charge in [-0.2, -0.15) is 0 Å². The Hall–Kier alpha value is -2.34. The van der Waals surface area contributed by atoms with E-state index in [1.165, 1.54) is 7.11 Å². The maximum atomic E-state index is 12.8. The maximum absolute atomic E-state index is 12.8. The molecule has 0 saturated carbocycles. The third-order valence-corrected chi connectivity index (χ3v) is 4.61. The second kappa shape index (κ2) is 6.04. The lowest BCUT2D eigenvalue weighted by molar-refractivity contribution is -0.141. The Morgan fingerprint density at radius 3 is 2.78 bits per heavy atom. The van der Waals surface area contributed by atoms with E-state index in [4.69, 9.17) is 4.74 Å². The Kier molecular flexibility index (Phi) is 4.09. The summed E-state index contributed by atoms with van der Waals surface area (Å²) in [6.45, 7) is 1.75. The number of aromatic nitrogens is 2. The van der Waals surface area contributed by atoms with Crippen LogP contribution in [0.25, 0.3) is 16.6 Å². The van der Waals surface area contributed by atoms with Crippen molar-refractivity contribution in [2.24, 2.45) is 0 Å². The fourth-order valence-corrected chi connectivity index (χ4v) is 2.92. The molecular weight excluding hydrogens is 312 g/mol. The van der Waals surface area contributed by atoms with Crippen LogP contribution in [-0.2, 0) is 9.53 Å². The summed E-state index contributed by atoms with van der Waals surface area (Å²) in [4.78, 5) is 30.0. The molecule has 0 N–H and O–H groups in total. The molecule has 2 aromatic heterocycles. The van der Waals surface area contributed by atoms with Crippen molar-refractivity contribution >= 4 is 34.3 Å². The van der Waals surface area contributed by atoms with Crippen molar-refractivity contribution in [1.29, 1.82) is 0 Å². The van der Waals surface area contributed by atoms with Gasteiger partial charge in [0, 0.05) is 11.1 Å². The van der Waals surface area contributed by atoms with Crippen molar-refractivity contribution in [2.45, 2.75) is 17.7 Å². The summed E-state index contributed by atoms with van der Waals surface area (Å²) < 4.78 is 6.31. The molecule has 1 unspecified atom stereocenters. The second-order valence-corrected chi connectivity index (χ2v) is 6.12. The number of carbonyl (C=O) groups excluding carboxylic acids is 1. The second-order valence-electron chi connectivity index (χ2n) is 5.24. The quantitative estimate of drug-likeness (QED) is 0.420. The molecular formula is C17H16N2O3S. The molecule has 0 aliphatic carbocycles. The van der Waals surface area contributed by atoms with Crippen LogP contribution in [0.2, 0.25) is 0 Å². The molecule has 0 spiro atoms. The number of carbonyl (C=O) groups is 1. The Labute approximate surface area is 137 Å². The van der Waals surface area contributed by atoms with Gasteiger partial charge in [0.2, 0.25) is 0 Å². The number of methoxy groups -OCH3 is 1. The van der Waals surface area contributed by atoms with Gasteiger partial charge in [-0.1, -0.05) is 6.07 Å². The molecule has 6 heteroatoms. The number of benzene rings is 1. The summed E-state index contributed by atoms with van der Waals surface area (Å²) in [5, 5.41) is 0.494. The SMILES string of the molecule is COC(=O)C(C)c1ccc2nc3ccc(SC)cn3c(=O)c2c1. The Balaban J connectivity index is 2.25. The van der Waals surface area contributed by atoms with Crippen molar-refractivity contribution in [3.05, 3.63) is 52.4 Å². The summed E-state index contributed by atoms with van der Waals surface area (Å²) in [5.41, 5.74) is 1.82. The molecule has 23 heavy (non-hydrogen) atoms. The van der Waals surface area contributed by atoms with Gasteiger partial charge in [0.05, 0.1) is 23.9 Å². The first-order chi connectivity index (χ1) is 11.0. The zero-order valence-electron chi connectivity index (χ0n) is 13.1. The highest BCUT2D eigenvalue weighted by Crippen LogP contribution is 2.21. The highest BCUT2D eigenvalue weighted by molar-refractivity contribution is 7.98. The number of hydrogen-bond acceptors (Lipinski definition) is 5. The molecule has 0 fully saturated rings. The molecule has 0 amide bonds. The van der Waals surface area contributed by atoms with Crippen LogP contribution in [0.4, 0.5) is 0 Å². The number of ether oxygens (including phenoxy) is 1. The summed E-state index contributed by atoms with van der Waals surface area (Å²) in [5.74, 6) is -0.759. The van der Waals surface area contributed by atoms with Crippen molar-refractivity contribution in [3.63, 3.8) is 0 Å². The van der Waals surface area contributed by atoms with Crippen LogP contribution in [0.1, 0.15) is 18.4 Å². The highest BCUT2D eigenvalue weighted by atomic mass is 32.2. The monoisotopic (exact) mass is 328 g/mol. The van der Waals surface area contributed by atoms with Gasteiger partial charge >= 0.3 is 5.97 Å². The molecule has 3 rings (SSSR count). The summed E-state index contributed by atoms with van der Waals surface area (Å²) in [6, 6.07) is 9.07. The summed E-state index contributed by atoms with van der Waals surface area (Å²) >= 11 is 1.56. The standard InChI is InChI=1S/C17H16N2O3S/c1-10(17(21)22-2)11-4-6-14-13(8-11)16(20)19-9-12(23-3)5-7-15(19)18-14/h4-10H,1-3H3. The van der Waals surface area contributed by atoms with Crippen LogP contribution in [0.3, 0.4) is 0 Å². The molecule has 5 nitrogen and oxygen atoms in total. The number of esters is 1. The van der Waals surface area contributed by atoms with E-state index in [1.54, 1.807) is 41.4 Å². The molecule has 0 aliphatic heterocycles. The molecule has 3 aromatic rings. The number of rotatable bonds is 3. The topological polar surface area (TPSA) is 60.7 Å². The molecule has 118 valence electrons. The average molecular weight is 328 g/mol. The lowest BCUT2D eigenvalue weighted by atomic mass is 10.00. The summed E-state index contributed by atoms with van der Waals surface area (Å²) in [6.07, 6.45) is 3.74. The highest BCUT2D eigenvalue weighted by Gasteiger charge is 2.17. The van der Waals surface area contributed by atoms with E-state index >= 15 is 0 Å². The zero-order valence-corrected chi connectivity index (χ0v) is 13.9. The predicted molar refractivity (Wildman–Crippen MR) is 91.2 cm³/mol. The molecule has 1 atom stereocenters. The first-order valence-electron chi connectivity index (χ1n) is 7.13. The fraction of sp³-hybridized carbons (Fsp3) is 0.235. The van der Waals surface area contributed by atoms with Crippen LogP contribution in [-0.4, -0.2) is 28.7 Å². The van der Waals surface area contributed by atoms with E-state index in [0.29, 0.717) is 16.6 Å². The number of thioether (sulfide) groups is 1. The number of nitrogens with zero attached hydrogens (tertiary/aromatic N) is 2. The van der Waals surface area contributed by atoms with Gasteiger partial charge in [-0.25, -0.2) is 4.98 Å². The minimum Gasteiger partial charge on any atom is -0.469 e. The van der Waals surface area contributed by atoms with E-state index in [1.807, 2.05) is 24.5 Å². The van der Waals surface area contributed by atoms with Gasteiger partial charge in [0.1, 0.15) is 5.65 Å². The normalized spacial score (nSPS) is 12.5. The van der Waals surface area contributed by atoms with Crippen LogP contribution < -0.4 is 5.56 Å². The van der Waals surface area contributed by atoms with Gasteiger partial charge in [-0.05, 0) is 43.0 Å². The molecule has 0 bridgehead atoms. The predicted octanol–water partition coefficient (Wildman–Crippen LogP) is 2.85. The average Bonchev–Trinajstić information content (AvgIpc) is 2.60. The minimum atomic E-state index is -0.429. The lowest BCUT2D eigenvalue weighted by Gasteiger charge is -2.11. The molecule has 2 heterocycles. The minimum absolute atomic E-state index is 0.139. The van der Waals surface area contributed by atoms with Gasteiger partial charge in [-0.3, -0.25) is 14.0 Å². The largest absolute Gasteiger partial charge is 0.469 e. The van der Waals surface area contributed by atoms with Crippen molar-refractivity contribution in [2.75, 3.05) is 13.4 Å². The van der Waals surface area contributed by atoms with Gasteiger partial charge in [0.15, 0.2) is 0 Å². The van der Waals surface area contributed by atoms with Gasteiger partial charge < -0.3 is 4.74 Å². The van der Waals surface area contributed by atoms with Crippen LogP contribution in [0, 0.1) is 0 Å². The third-order valence-electron chi connectivity index (χ3n) is 3.90. The Morgan fingerprint density at radius 1 is 1.30 bits per heavy atom. The smallest absolute Gasteiger partial charge is 0.312 e. The number of pyridine rings is 1. The Bertz CT molecular complexity index is 965. The lowest BCUT2D eigenvalue weighted by Crippen LogP contribution is -2.16. The maximum Gasteiger partial charge on any atom is 0.312 e. The first-order valence-corrected chi connectivity index (χ1v) is 8.35. The van der Waals surface area contributed by atoms with E-state index in [2.05, 4.69) is 4.98 Å². The van der Waals surface area contributed by atoms with E-state index in [-0.39, 0.29) is 11.5 Å². The van der Waals surface area contributed by atoms with Crippen LogP contribution in [0.15, 0.2) is 46.2 Å². The fourth-order valence-electron chi connectivity index (χ4n) is 2.51. The van der Waals surface area contributed by atoms with E-state index in [9.17, 15) is 9.59 Å². The molecule has 0 aliphatic rings. The van der Waals surface area contributed by atoms with Crippen molar-refractivity contribution in [3.8, 4) is 0 Å². The molecule has 0 radical (unpaired) electrons. The summed E-state index contributed by atoms with van der Waals surface area (Å²) in [7, 11) is 1.35. The molecule has 1 aromatic carbocycles. The Morgan fingerprint density at radius 2 is 2.09 bits per heavy atom. The van der Waals surface area contributed by atoms with Crippen molar-refractivity contribution in [1.82, 2.24) is 9.38 Å². The van der Waals surface area contributed by atoms with E-state index in [0.717, 1.165) is 10.5 Å². The van der Waals surface area contributed by atoms with E-state index < -0.39 is 5.92 Å². The van der Waals surface area contributed by atoms with Crippen LogP contribution >= 0.6 is 11.8 Å².